The van der Waals surface area contributed by atoms with E-state index in [0.717, 1.165) is 30.0 Å². The van der Waals surface area contributed by atoms with Gasteiger partial charge in [-0.25, -0.2) is 14.8 Å². The first kappa shape index (κ1) is 32.9. The molecule has 43 heavy (non-hydrogen) atoms. The summed E-state index contributed by atoms with van der Waals surface area (Å²) in [7, 11) is -5.82. The summed E-state index contributed by atoms with van der Waals surface area (Å²) in [4.78, 5) is 23.7. The monoisotopic (exact) mass is 631 g/mol. The number of rotatable bonds is 10. The molecule has 1 saturated heterocycles. The Morgan fingerprint density at radius 1 is 1.23 bits per heavy atom. The summed E-state index contributed by atoms with van der Waals surface area (Å²) in [6.07, 6.45) is 5.60. The highest BCUT2D eigenvalue weighted by Gasteiger charge is 2.28. The van der Waals surface area contributed by atoms with Gasteiger partial charge in [-0.3, -0.25) is 4.55 Å². The minimum Gasteiger partial charge on any atom is -0.444 e. The molecule has 11 nitrogen and oxygen atoms in total. The van der Waals surface area contributed by atoms with E-state index in [1.807, 2.05) is 40.0 Å². The predicted molar refractivity (Wildman–Crippen MR) is 171 cm³/mol. The first-order valence-electron chi connectivity index (χ1n) is 14.8. The summed E-state index contributed by atoms with van der Waals surface area (Å²) in [5.74, 6) is 0.418. The number of hydrogen-bond donors (Lipinski definition) is 2. The number of carbonyl (C=O) groups excluding carboxylic acids is 1. The minimum atomic E-state index is -4.50. The van der Waals surface area contributed by atoms with Crippen LogP contribution < -0.4 is 5.32 Å². The van der Waals surface area contributed by atoms with Gasteiger partial charge in [0, 0.05) is 57.2 Å². The number of nitrogens with one attached hydrogen (secondary N) is 1. The van der Waals surface area contributed by atoms with E-state index in [-0.39, 0.29) is 23.8 Å². The number of amides is 1. The number of piperidine rings is 1. The van der Waals surface area contributed by atoms with Crippen LogP contribution in [0.2, 0.25) is 25.7 Å². The van der Waals surface area contributed by atoms with Crippen molar-refractivity contribution in [3.05, 3.63) is 36.2 Å². The topological polar surface area (TPSA) is 136 Å². The van der Waals surface area contributed by atoms with E-state index in [9.17, 15) is 17.8 Å². The second kappa shape index (κ2) is 12.9. The van der Waals surface area contributed by atoms with Crippen molar-refractivity contribution in [3.8, 4) is 11.3 Å². The molecule has 3 heterocycles. The number of fused-ring (bicyclic) bond motifs is 1. The number of anilines is 1. The molecule has 1 aromatic carbocycles. The summed E-state index contributed by atoms with van der Waals surface area (Å²) in [6, 6.07) is 5.75. The molecule has 0 radical (unpaired) electrons. The third kappa shape index (κ3) is 8.55. The lowest BCUT2D eigenvalue weighted by Crippen LogP contribution is -2.47. The smallest absolute Gasteiger partial charge is 0.410 e. The van der Waals surface area contributed by atoms with Gasteiger partial charge in [0.25, 0.3) is 10.1 Å². The molecule has 0 saturated carbocycles. The van der Waals surface area contributed by atoms with Crippen LogP contribution in [0.4, 0.5) is 10.7 Å². The molecule has 0 unspecified atom stereocenters. The van der Waals surface area contributed by atoms with Crippen molar-refractivity contribution in [2.45, 2.75) is 95.9 Å². The Hall–Kier alpha value is -3.00. The van der Waals surface area contributed by atoms with Crippen molar-refractivity contribution in [1.29, 1.82) is 0 Å². The SMILES string of the molecule is CCc1cnc(N[C@H]2CCCN(C(=O)OC(C)(C)C)C2)nc1-c1cn(COCC[Si](C)(C)C)c2c(S(=O)(=O)O)cccc12. The summed E-state index contributed by atoms with van der Waals surface area (Å²) in [5.41, 5.74) is 2.07. The Morgan fingerprint density at radius 3 is 2.63 bits per heavy atom. The Bertz CT molecular complexity index is 1560. The fourth-order valence-electron chi connectivity index (χ4n) is 5.10. The molecule has 3 aromatic rings. The zero-order chi connectivity index (χ0) is 31.6. The van der Waals surface area contributed by atoms with Crippen molar-refractivity contribution in [1.82, 2.24) is 19.4 Å². The van der Waals surface area contributed by atoms with Gasteiger partial charge in [-0.15, -0.1) is 0 Å². The molecule has 236 valence electrons. The van der Waals surface area contributed by atoms with Gasteiger partial charge in [-0.1, -0.05) is 38.7 Å². The van der Waals surface area contributed by atoms with Crippen LogP contribution in [0.15, 0.2) is 35.5 Å². The van der Waals surface area contributed by atoms with Gasteiger partial charge >= 0.3 is 6.09 Å². The van der Waals surface area contributed by atoms with Crippen LogP contribution in [0.1, 0.15) is 46.1 Å². The van der Waals surface area contributed by atoms with E-state index in [4.69, 9.17) is 14.5 Å². The molecule has 1 atom stereocenters. The van der Waals surface area contributed by atoms with Gasteiger partial charge in [-0.05, 0) is 57.7 Å². The number of ether oxygens (including phenoxy) is 2. The Morgan fingerprint density at radius 2 is 1.98 bits per heavy atom. The van der Waals surface area contributed by atoms with Gasteiger partial charge in [0.2, 0.25) is 5.95 Å². The number of nitrogens with zero attached hydrogens (tertiary/aromatic N) is 4. The molecule has 4 rings (SSSR count). The van der Waals surface area contributed by atoms with Crippen LogP contribution in [-0.4, -0.2) is 77.9 Å². The highest BCUT2D eigenvalue weighted by molar-refractivity contribution is 7.86. The van der Waals surface area contributed by atoms with Crippen molar-refractivity contribution in [3.63, 3.8) is 0 Å². The third-order valence-corrected chi connectivity index (χ3v) is 9.86. The van der Waals surface area contributed by atoms with Gasteiger partial charge in [0.15, 0.2) is 0 Å². The highest BCUT2D eigenvalue weighted by atomic mass is 32.2. The van der Waals surface area contributed by atoms with Gasteiger partial charge < -0.3 is 24.3 Å². The average molecular weight is 632 g/mol. The lowest BCUT2D eigenvalue weighted by Gasteiger charge is -2.34. The lowest BCUT2D eigenvalue weighted by atomic mass is 10.0. The van der Waals surface area contributed by atoms with Crippen LogP contribution in [0, 0.1) is 0 Å². The molecule has 0 bridgehead atoms. The van der Waals surface area contributed by atoms with Gasteiger partial charge in [0.1, 0.15) is 17.2 Å². The predicted octanol–water partition coefficient (Wildman–Crippen LogP) is 6.03. The summed E-state index contributed by atoms with van der Waals surface area (Å²) in [5, 5.41) is 4.04. The van der Waals surface area contributed by atoms with E-state index in [0.29, 0.717) is 48.7 Å². The van der Waals surface area contributed by atoms with E-state index in [2.05, 4.69) is 29.9 Å². The van der Waals surface area contributed by atoms with Crippen LogP contribution >= 0.6 is 0 Å². The summed E-state index contributed by atoms with van der Waals surface area (Å²) in [6.45, 7) is 16.2. The molecule has 13 heteroatoms. The minimum absolute atomic E-state index is 0.0613. The van der Waals surface area contributed by atoms with E-state index in [1.54, 1.807) is 21.7 Å². The Labute approximate surface area is 255 Å². The Balaban J connectivity index is 1.67. The first-order valence-corrected chi connectivity index (χ1v) is 20.0. The maximum atomic E-state index is 12.7. The average Bonchev–Trinajstić information content (AvgIpc) is 3.28. The van der Waals surface area contributed by atoms with Crippen LogP contribution in [0.5, 0.6) is 0 Å². The maximum Gasteiger partial charge on any atom is 0.410 e. The fourth-order valence-corrected chi connectivity index (χ4v) is 6.58. The molecule has 0 spiro atoms. The van der Waals surface area contributed by atoms with Crippen molar-refractivity contribution in [2.24, 2.45) is 0 Å². The molecule has 1 amide bonds. The first-order chi connectivity index (χ1) is 20.1. The number of aryl methyl sites for hydroxylation is 1. The summed E-state index contributed by atoms with van der Waals surface area (Å²) < 4.78 is 48.1. The normalized spacial score (nSPS) is 16.5. The van der Waals surface area contributed by atoms with Crippen LogP contribution in [-0.2, 0) is 32.7 Å². The Kier molecular flexibility index (Phi) is 9.89. The second-order valence-corrected chi connectivity index (χ2v) is 20.3. The molecule has 1 aliphatic rings. The lowest BCUT2D eigenvalue weighted by molar-refractivity contribution is 0.0206. The number of benzene rings is 1. The summed E-state index contributed by atoms with van der Waals surface area (Å²) >= 11 is 0. The highest BCUT2D eigenvalue weighted by Crippen LogP contribution is 2.35. The number of likely N-dealkylation sites (tertiary alicyclic amines) is 1. The molecular formula is C30H45N5O6SSi. The largest absolute Gasteiger partial charge is 0.444 e. The molecule has 2 N–H and O–H groups in total. The number of aromatic nitrogens is 3. The standard InChI is InChI=1S/C30H45N5O6SSi/c1-8-21-17-31-28(32-22-11-10-14-34(18-22)29(36)41-30(2,3)4)33-26(21)24-19-35(20-40-15-16-43(5,6)7)27-23(24)12-9-13-25(27)42(37,38)39/h9,12-13,17,19,22H,8,10-11,14-16,18,20H2,1-7H3,(H,31,32,33)(H,37,38,39)/t22-/m0/s1. The van der Waals surface area contributed by atoms with Crippen molar-refractivity contribution >= 4 is 41.1 Å². The van der Waals surface area contributed by atoms with Crippen LogP contribution in [0.25, 0.3) is 22.2 Å². The molecule has 1 aliphatic heterocycles. The van der Waals surface area contributed by atoms with Gasteiger partial charge in [0.05, 0.1) is 11.2 Å². The third-order valence-electron chi connectivity index (χ3n) is 7.27. The van der Waals surface area contributed by atoms with Gasteiger partial charge in [-0.2, -0.15) is 8.42 Å². The number of para-hydroxylation sites is 1. The molecule has 2 aromatic heterocycles. The van der Waals surface area contributed by atoms with E-state index >= 15 is 0 Å². The quantitative estimate of drug-likeness (QED) is 0.156. The maximum absolute atomic E-state index is 12.7. The molecule has 0 aliphatic carbocycles. The van der Waals surface area contributed by atoms with Crippen molar-refractivity contribution < 1.29 is 27.2 Å². The zero-order valence-corrected chi connectivity index (χ0v) is 28.1. The van der Waals surface area contributed by atoms with E-state index in [1.165, 1.54) is 6.07 Å². The zero-order valence-electron chi connectivity index (χ0n) is 26.3. The van der Waals surface area contributed by atoms with E-state index < -0.39 is 23.8 Å². The van der Waals surface area contributed by atoms with Crippen molar-refractivity contribution in [2.75, 3.05) is 25.0 Å². The molecular weight excluding hydrogens is 587 g/mol. The second-order valence-electron chi connectivity index (χ2n) is 13.3. The fraction of sp³-hybridized carbons (Fsp3) is 0.567. The number of carbonyl (C=O) groups is 1. The van der Waals surface area contributed by atoms with Crippen LogP contribution in [0.3, 0.4) is 0 Å². The number of hydrogen-bond acceptors (Lipinski definition) is 8. The molecule has 1 fully saturated rings.